The van der Waals surface area contributed by atoms with Gasteiger partial charge in [-0.25, -0.2) is 22.3 Å². The van der Waals surface area contributed by atoms with Crippen molar-refractivity contribution in [3.8, 4) is 0 Å². The van der Waals surface area contributed by atoms with Crippen molar-refractivity contribution in [2.24, 2.45) is 0 Å². The third-order valence-electron chi connectivity index (χ3n) is 4.56. The highest BCUT2D eigenvalue weighted by Gasteiger charge is 2.35. The number of hydrogen-bond acceptors (Lipinski definition) is 2. The zero-order valence-electron chi connectivity index (χ0n) is 15.5. The molecule has 0 fully saturated rings. The van der Waals surface area contributed by atoms with Crippen LogP contribution in [0.15, 0.2) is 12.1 Å². The smallest absolute Gasteiger partial charge is 0.228 e. The second kappa shape index (κ2) is 8.36. The van der Waals surface area contributed by atoms with Crippen LogP contribution in [0.1, 0.15) is 38.1 Å². The predicted octanol–water partition coefficient (Wildman–Crippen LogP) is 3.65. The summed E-state index contributed by atoms with van der Waals surface area (Å²) in [5, 5.41) is -0.316. The van der Waals surface area contributed by atoms with Crippen molar-refractivity contribution in [1.29, 1.82) is 0 Å². The van der Waals surface area contributed by atoms with E-state index in [1.165, 1.54) is 6.07 Å². The van der Waals surface area contributed by atoms with Gasteiger partial charge in [-0.15, -0.1) is 0 Å². The summed E-state index contributed by atoms with van der Waals surface area (Å²) in [7, 11) is -3.23. The standard InChI is InChI=1S/C17H24ClF3N3O2S/c1-4-23-12(3)24(9-7-6-8-22-27(25,26)5-2)15-10-13(17(19,20)21)14(18)11-16(15)23/h10-11,22H,4-9H2,1-3H3/q+1. The Hall–Kier alpha value is -1.32. The zero-order chi connectivity index (χ0) is 20.4. The van der Waals surface area contributed by atoms with Gasteiger partial charge in [0.25, 0.3) is 5.82 Å². The number of nitrogens with zero attached hydrogens (tertiary/aromatic N) is 2. The molecule has 0 saturated heterocycles. The van der Waals surface area contributed by atoms with E-state index in [-0.39, 0.29) is 10.8 Å². The molecule has 1 aromatic carbocycles. The van der Waals surface area contributed by atoms with E-state index >= 15 is 0 Å². The number of fused-ring (bicyclic) bond motifs is 1. The molecule has 0 amide bonds. The maximum absolute atomic E-state index is 13.2. The van der Waals surface area contributed by atoms with Crippen LogP contribution in [0.25, 0.3) is 11.0 Å². The summed E-state index contributed by atoms with van der Waals surface area (Å²) in [5.74, 6) is 0.850. The predicted molar refractivity (Wildman–Crippen MR) is 99.3 cm³/mol. The first-order valence-corrected chi connectivity index (χ1v) is 10.8. The molecule has 0 radical (unpaired) electrons. The molecule has 1 aromatic heterocycles. The van der Waals surface area contributed by atoms with Crippen molar-refractivity contribution in [2.45, 2.75) is 52.9 Å². The largest absolute Gasteiger partial charge is 0.418 e. The third kappa shape index (κ3) is 4.94. The summed E-state index contributed by atoms with van der Waals surface area (Å²) in [4.78, 5) is 0. The summed E-state index contributed by atoms with van der Waals surface area (Å²) in [6.07, 6.45) is -3.31. The molecule has 2 rings (SSSR count). The van der Waals surface area contributed by atoms with Crippen LogP contribution in [-0.2, 0) is 29.3 Å². The van der Waals surface area contributed by atoms with Gasteiger partial charge in [-0.1, -0.05) is 11.6 Å². The Morgan fingerprint density at radius 1 is 1.22 bits per heavy atom. The molecule has 0 aliphatic carbocycles. The fourth-order valence-corrected chi connectivity index (χ4v) is 4.03. The minimum Gasteiger partial charge on any atom is -0.228 e. The Bertz CT molecular complexity index is 924. The van der Waals surface area contributed by atoms with Gasteiger partial charge < -0.3 is 0 Å². The number of unbranched alkanes of at least 4 members (excludes halogenated alkanes) is 1. The van der Waals surface area contributed by atoms with Gasteiger partial charge >= 0.3 is 6.18 Å². The highest BCUT2D eigenvalue weighted by atomic mass is 35.5. The number of halogens is 4. The topological polar surface area (TPSA) is 55.0 Å². The molecular weight excluding hydrogens is 403 g/mol. The number of rotatable bonds is 8. The summed E-state index contributed by atoms with van der Waals surface area (Å²) in [6.45, 7) is 6.73. The Morgan fingerprint density at radius 2 is 1.89 bits per heavy atom. The molecule has 1 N–H and O–H groups in total. The van der Waals surface area contributed by atoms with Gasteiger partial charge in [-0.05, 0) is 26.7 Å². The van der Waals surface area contributed by atoms with Crippen LogP contribution >= 0.6 is 11.6 Å². The van der Waals surface area contributed by atoms with Gasteiger partial charge in [0, 0.05) is 25.6 Å². The minimum absolute atomic E-state index is 0.0197. The molecule has 1 heterocycles. The van der Waals surface area contributed by atoms with Crippen molar-refractivity contribution < 1.29 is 26.2 Å². The molecule has 0 bridgehead atoms. The second-order valence-corrected chi connectivity index (χ2v) is 8.77. The lowest BCUT2D eigenvalue weighted by molar-refractivity contribution is -0.678. The first kappa shape index (κ1) is 22.0. The van der Waals surface area contributed by atoms with E-state index < -0.39 is 21.8 Å². The van der Waals surface area contributed by atoms with Crippen molar-refractivity contribution in [3.05, 3.63) is 28.5 Å². The summed E-state index contributed by atoms with van der Waals surface area (Å²) >= 11 is 5.87. The second-order valence-electron chi connectivity index (χ2n) is 6.27. The number of hydrogen-bond donors (Lipinski definition) is 1. The molecular formula is C17H24ClF3N3O2S+. The first-order chi connectivity index (χ1) is 12.5. The van der Waals surface area contributed by atoms with Gasteiger partial charge in [0.15, 0.2) is 11.0 Å². The highest BCUT2D eigenvalue weighted by Crippen LogP contribution is 2.36. The minimum atomic E-state index is -4.52. The average molecular weight is 427 g/mol. The average Bonchev–Trinajstić information content (AvgIpc) is 2.83. The lowest BCUT2D eigenvalue weighted by atomic mass is 10.2. The van der Waals surface area contributed by atoms with E-state index in [9.17, 15) is 21.6 Å². The van der Waals surface area contributed by atoms with Crippen LogP contribution in [0.3, 0.4) is 0 Å². The van der Waals surface area contributed by atoms with E-state index in [1.807, 2.05) is 23.0 Å². The normalized spacial score (nSPS) is 12.9. The van der Waals surface area contributed by atoms with Gasteiger partial charge in [-0.2, -0.15) is 13.2 Å². The number of imidazole rings is 1. The molecule has 10 heteroatoms. The number of aryl methyl sites for hydroxylation is 2. The van der Waals surface area contributed by atoms with Crippen LogP contribution in [0.2, 0.25) is 5.02 Å². The van der Waals surface area contributed by atoms with Crippen LogP contribution in [0.5, 0.6) is 0 Å². The van der Waals surface area contributed by atoms with E-state index in [0.717, 1.165) is 11.9 Å². The summed E-state index contributed by atoms with van der Waals surface area (Å²) in [5.41, 5.74) is 0.272. The maximum atomic E-state index is 13.2. The first-order valence-electron chi connectivity index (χ1n) is 8.78. The Morgan fingerprint density at radius 3 is 2.44 bits per heavy atom. The van der Waals surface area contributed by atoms with Crippen molar-refractivity contribution in [1.82, 2.24) is 9.29 Å². The van der Waals surface area contributed by atoms with Crippen molar-refractivity contribution in [2.75, 3.05) is 12.3 Å². The van der Waals surface area contributed by atoms with Gasteiger partial charge in [0.05, 0.1) is 29.4 Å². The molecule has 0 unspecified atom stereocenters. The van der Waals surface area contributed by atoms with Gasteiger partial charge in [0.1, 0.15) is 0 Å². The Labute approximate surface area is 162 Å². The Kier molecular flexibility index (Phi) is 6.81. The molecule has 0 saturated carbocycles. The molecule has 0 spiro atoms. The van der Waals surface area contributed by atoms with Crippen LogP contribution in [0, 0.1) is 6.92 Å². The number of alkyl halides is 3. The quantitative estimate of drug-likeness (QED) is 0.517. The monoisotopic (exact) mass is 426 g/mol. The van der Waals surface area contributed by atoms with Crippen LogP contribution in [0.4, 0.5) is 13.2 Å². The van der Waals surface area contributed by atoms with Crippen LogP contribution < -0.4 is 9.29 Å². The SMILES string of the molecule is CCn1c(C)[n+](CCCCNS(=O)(=O)CC)c2cc(C(F)(F)F)c(Cl)cc21. The number of nitrogens with one attached hydrogen (secondary N) is 1. The molecule has 2 aromatic rings. The molecule has 152 valence electrons. The number of aromatic nitrogens is 2. The molecule has 0 atom stereocenters. The van der Waals surface area contributed by atoms with Crippen molar-refractivity contribution >= 4 is 32.7 Å². The third-order valence-corrected chi connectivity index (χ3v) is 6.28. The molecule has 27 heavy (non-hydrogen) atoms. The molecule has 0 aliphatic heterocycles. The maximum Gasteiger partial charge on any atom is 0.418 e. The van der Waals surface area contributed by atoms with Gasteiger partial charge in [-0.3, -0.25) is 0 Å². The van der Waals surface area contributed by atoms with E-state index in [4.69, 9.17) is 11.6 Å². The summed E-state index contributed by atoms with van der Waals surface area (Å²) in [6, 6.07) is 2.46. The highest BCUT2D eigenvalue weighted by molar-refractivity contribution is 7.89. The van der Waals surface area contributed by atoms with E-state index in [1.54, 1.807) is 6.92 Å². The molecule has 0 aliphatic rings. The number of benzene rings is 1. The Balaban J connectivity index is 2.28. The zero-order valence-corrected chi connectivity index (χ0v) is 17.1. The van der Waals surface area contributed by atoms with Crippen LogP contribution in [-0.4, -0.2) is 25.3 Å². The lowest BCUT2D eigenvalue weighted by Crippen LogP contribution is -2.37. The summed E-state index contributed by atoms with van der Waals surface area (Å²) < 4.78 is 68.8. The molecule has 5 nitrogen and oxygen atoms in total. The lowest BCUT2D eigenvalue weighted by Gasteiger charge is -2.08. The van der Waals surface area contributed by atoms with E-state index in [2.05, 4.69) is 4.72 Å². The van der Waals surface area contributed by atoms with Crippen molar-refractivity contribution in [3.63, 3.8) is 0 Å². The number of sulfonamides is 1. The van der Waals surface area contributed by atoms with E-state index in [0.29, 0.717) is 43.5 Å². The van der Waals surface area contributed by atoms with Gasteiger partial charge in [0.2, 0.25) is 10.0 Å². The fourth-order valence-electron chi connectivity index (χ4n) is 3.10. The fraction of sp³-hybridized carbons (Fsp3) is 0.588.